The summed E-state index contributed by atoms with van der Waals surface area (Å²) >= 11 is 1.20. The fourth-order valence-corrected chi connectivity index (χ4v) is 4.20. The Kier molecular flexibility index (Phi) is 4.97. The first kappa shape index (κ1) is 16.6. The van der Waals surface area contributed by atoms with E-state index in [2.05, 4.69) is 9.69 Å². The first-order chi connectivity index (χ1) is 10.3. The maximum Gasteiger partial charge on any atom is 0.254 e. The summed E-state index contributed by atoms with van der Waals surface area (Å²) in [5.41, 5.74) is 2.14. The Morgan fingerprint density at radius 2 is 1.91 bits per heavy atom. The van der Waals surface area contributed by atoms with E-state index in [9.17, 15) is 13.2 Å². The molecule has 1 atom stereocenters. The lowest BCUT2D eigenvalue weighted by molar-refractivity contribution is 0.0943. The molecule has 22 heavy (non-hydrogen) atoms. The Hall–Kier alpha value is -1.73. The van der Waals surface area contributed by atoms with Crippen LogP contribution in [0.15, 0.2) is 34.5 Å². The predicted molar refractivity (Wildman–Crippen MR) is 87.0 cm³/mol. The predicted octanol–water partition coefficient (Wildman–Crippen LogP) is 2.35. The smallest absolute Gasteiger partial charge is 0.254 e. The van der Waals surface area contributed by atoms with Crippen molar-refractivity contribution in [3.05, 3.63) is 46.5 Å². The highest BCUT2D eigenvalue weighted by atomic mass is 32.2. The zero-order valence-corrected chi connectivity index (χ0v) is 14.3. The van der Waals surface area contributed by atoms with Crippen LogP contribution in [-0.4, -0.2) is 30.5 Å². The molecule has 2 aromatic rings. The number of amides is 1. The third-order valence-corrected chi connectivity index (χ3v) is 5.87. The monoisotopic (exact) mass is 338 g/mol. The van der Waals surface area contributed by atoms with Crippen molar-refractivity contribution in [2.75, 3.05) is 5.75 Å². The van der Waals surface area contributed by atoms with E-state index < -0.39 is 15.9 Å². The van der Waals surface area contributed by atoms with Gasteiger partial charge in [-0.25, -0.2) is 8.42 Å². The molecule has 7 heteroatoms. The molecular weight excluding hydrogens is 320 g/mol. The van der Waals surface area contributed by atoms with Crippen LogP contribution in [0.4, 0.5) is 0 Å². The maximum absolute atomic E-state index is 12.3. The van der Waals surface area contributed by atoms with Crippen LogP contribution < -0.4 is 5.32 Å². The number of carbonyl (C=O) groups excluding carboxylic acids is 1. The number of aromatic nitrogens is 1. The summed E-state index contributed by atoms with van der Waals surface area (Å²) in [4.78, 5) is 12.3. The van der Waals surface area contributed by atoms with Crippen molar-refractivity contribution in [3.63, 3.8) is 0 Å². The Balaban J connectivity index is 2.05. The molecule has 118 valence electrons. The largest absolute Gasteiger partial charge is 0.348 e. The molecule has 0 saturated heterocycles. The van der Waals surface area contributed by atoms with E-state index >= 15 is 0 Å². The Bertz CT molecular complexity index is 764. The molecule has 0 unspecified atom stereocenters. The van der Waals surface area contributed by atoms with Crippen molar-refractivity contribution >= 4 is 27.3 Å². The Labute approximate surface area is 134 Å². The van der Waals surface area contributed by atoms with Gasteiger partial charge in [-0.15, -0.1) is 0 Å². The number of carbonyl (C=O) groups is 1. The molecule has 0 aliphatic heterocycles. The first-order valence-corrected chi connectivity index (χ1v) is 9.30. The van der Waals surface area contributed by atoms with Crippen molar-refractivity contribution in [3.8, 4) is 0 Å². The van der Waals surface area contributed by atoms with Crippen molar-refractivity contribution in [2.24, 2.45) is 0 Å². The molecule has 1 heterocycles. The van der Waals surface area contributed by atoms with Crippen molar-refractivity contribution in [1.29, 1.82) is 0 Å². The van der Waals surface area contributed by atoms with E-state index in [1.54, 1.807) is 43.5 Å². The lowest BCUT2D eigenvalue weighted by atomic mass is 10.2. The van der Waals surface area contributed by atoms with Gasteiger partial charge in [0.1, 0.15) is 0 Å². The van der Waals surface area contributed by atoms with Gasteiger partial charge in [0.25, 0.3) is 5.91 Å². The van der Waals surface area contributed by atoms with E-state index in [0.29, 0.717) is 11.3 Å². The van der Waals surface area contributed by atoms with Gasteiger partial charge in [-0.05, 0) is 44.4 Å². The number of sulfone groups is 1. The quantitative estimate of drug-likeness (QED) is 0.908. The average Bonchev–Trinajstić information content (AvgIpc) is 2.84. The zero-order chi connectivity index (χ0) is 16.3. The van der Waals surface area contributed by atoms with Gasteiger partial charge in [-0.3, -0.25) is 4.79 Å². The molecule has 0 radical (unpaired) electrons. The molecule has 1 aromatic heterocycles. The van der Waals surface area contributed by atoms with Crippen molar-refractivity contribution in [1.82, 2.24) is 9.69 Å². The number of hydrogen-bond donors (Lipinski definition) is 1. The first-order valence-electron chi connectivity index (χ1n) is 6.81. The van der Waals surface area contributed by atoms with Gasteiger partial charge in [0.2, 0.25) is 0 Å². The second-order valence-electron chi connectivity index (χ2n) is 5.28. The highest BCUT2D eigenvalue weighted by Crippen LogP contribution is 2.14. The van der Waals surface area contributed by atoms with Gasteiger partial charge in [0.15, 0.2) is 9.84 Å². The topological polar surface area (TPSA) is 76.1 Å². The highest BCUT2D eigenvalue weighted by Gasteiger charge is 2.21. The van der Waals surface area contributed by atoms with Crippen LogP contribution in [0.1, 0.15) is 28.5 Å². The molecule has 1 N–H and O–H groups in total. The second-order valence-corrected chi connectivity index (χ2v) is 7.95. The summed E-state index contributed by atoms with van der Waals surface area (Å²) in [6.07, 6.45) is 0. The SMILES string of the molecule is Cc1ccc(S(=O)(=O)C[C@@H](C)NC(=O)c2csnc2C)cc1. The molecule has 0 fully saturated rings. The van der Waals surface area contributed by atoms with Gasteiger partial charge in [-0.1, -0.05) is 17.7 Å². The van der Waals surface area contributed by atoms with Gasteiger partial charge < -0.3 is 5.32 Å². The molecule has 0 spiro atoms. The lowest BCUT2D eigenvalue weighted by Crippen LogP contribution is -2.37. The fraction of sp³-hybridized carbons (Fsp3) is 0.333. The summed E-state index contributed by atoms with van der Waals surface area (Å²) < 4.78 is 28.7. The van der Waals surface area contributed by atoms with E-state index in [0.717, 1.165) is 5.56 Å². The van der Waals surface area contributed by atoms with Crippen LogP contribution in [0.3, 0.4) is 0 Å². The van der Waals surface area contributed by atoms with Crippen LogP contribution >= 0.6 is 11.5 Å². The molecule has 1 amide bonds. The number of nitrogens with zero attached hydrogens (tertiary/aromatic N) is 1. The minimum Gasteiger partial charge on any atom is -0.348 e. The third-order valence-electron chi connectivity index (χ3n) is 3.22. The summed E-state index contributed by atoms with van der Waals surface area (Å²) in [5.74, 6) is -0.434. The number of hydrogen-bond acceptors (Lipinski definition) is 5. The molecule has 1 aromatic carbocycles. The molecule has 2 rings (SSSR count). The van der Waals surface area contributed by atoms with E-state index in [4.69, 9.17) is 0 Å². The molecule has 5 nitrogen and oxygen atoms in total. The number of nitrogens with one attached hydrogen (secondary N) is 1. The average molecular weight is 338 g/mol. The van der Waals surface area contributed by atoms with E-state index in [-0.39, 0.29) is 16.6 Å². The summed E-state index contributed by atoms with van der Waals surface area (Å²) in [5, 5.41) is 4.37. The van der Waals surface area contributed by atoms with Gasteiger partial charge in [0, 0.05) is 11.4 Å². The standard InChI is InChI=1S/C15H18N2O3S2/c1-10-4-6-13(7-5-10)22(19,20)9-11(2)16-15(18)14-8-21-17-12(14)3/h4-8,11H,9H2,1-3H3,(H,16,18)/t11-/m1/s1. The Morgan fingerprint density at radius 1 is 1.27 bits per heavy atom. The Morgan fingerprint density at radius 3 is 2.45 bits per heavy atom. The van der Waals surface area contributed by atoms with Crippen molar-refractivity contribution in [2.45, 2.75) is 31.7 Å². The van der Waals surface area contributed by atoms with Crippen LogP contribution in [0.25, 0.3) is 0 Å². The normalized spacial score (nSPS) is 12.9. The molecular formula is C15H18N2O3S2. The minimum absolute atomic E-state index is 0.140. The molecule has 0 aliphatic rings. The second kappa shape index (κ2) is 6.58. The van der Waals surface area contributed by atoms with Crippen LogP contribution in [0, 0.1) is 13.8 Å². The summed E-state index contributed by atoms with van der Waals surface area (Å²) in [6.45, 7) is 5.33. The van der Waals surface area contributed by atoms with Crippen LogP contribution in [0.5, 0.6) is 0 Å². The van der Waals surface area contributed by atoms with Gasteiger partial charge in [0.05, 0.1) is 21.9 Å². The zero-order valence-electron chi connectivity index (χ0n) is 12.7. The number of benzene rings is 1. The third kappa shape index (κ3) is 3.92. The highest BCUT2D eigenvalue weighted by molar-refractivity contribution is 7.91. The van der Waals surface area contributed by atoms with Crippen LogP contribution in [-0.2, 0) is 9.84 Å². The van der Waals surface area contributed by atoms with Gasteiger partial charge in [-0.2, -0.15) is 4.37 Å². The van der Waals surface area contributed by atoms with Crippen molar-refractivity contribution < 1.29 is 13.2 Å². The molecule has 0 aliphatic carbocycles. The number of rotatable bonds is 5. The summed E-state index contributed by atoms with van der Waals surface area (Å²) in [6, 6.07) is 6.21. The number of aryl methyl sites for hydroxylation is 2. The minimum atomic E-state index is -3.43. The molecule has 0 saturated carbocycles. The lowest BCUT2D eigenvalue weighted by Gasteiger charge is -2.14. The summed E-state index contributed by atoms with van der Waals surface area (Å²) in [7, 11) is -3.43. The van der Waals surface area contributed by atoms with E-state index in [1.165, 1.54) is 11.5 Å². The molecule has 0 bridgehead atoms. The maximum atomic E-state index is 12.3. The van der Waals surface area contributed by atoms with Gasteiger partial charge >= 0.3 is 0 Å². The van der Waals surface area contributed by atoms with E-state index in [1.807, 2.05) is 6.92 Å². The fourth-order valence-electron chi connectivity index (χ4n) is 2.02. The van der Waals surface area contributed by atoms with Crippen LogP contribution in [0.2, 0.25) is 0 Å².